The Bertz CT molecular complexity index is 1850. The van der Waals surface area contributed by atoms with Crippen molar-refractivity contribution in [1.82, 2.24) is 9.80 Å². The predicted octanol–water partition coefficient (Wildman–Crippen LogP) is 10.7. The molecule has 1 N–H and O–H groups in total. The monoisotopic (exact) mass is 865 g/mol. The number of ether oxygens (including phenoxy) is 2. The first-order valence-corrected chi connectivity index (χ1v) is 24.0. The van der Waals surface area contributed by atoms with Crippen molar-refractivity contribution in [3.63, 3.8) is 0 Å². The first kappa shape index (κ1) is 48.2. The van der Waals surface area contributed by atoms with E-state index in [9.17, 15) is 19.5 Å². The Morgan fingerprint density at radius 1 is 0.869 bits per heavy atom. The molecule has 0 unspecified atom stereocenters. The molecule has 0 amide bonds. The second kappa shape index (κ2) is 16.9. The van der Waals surface area contributed by atoms with Crippen molar-refractivity contribution in [2.45, 2.75) is 172 Å². The summed E-state index contributed by atoms with van der Waals surface area (Å²) in [5, 5.41) is 13.5. The molecule has 6 rings (SSSR count). The van der Waals surface area contributed by atoms with Gasteiger partial charge in [0.15, 0.2) is 5.78 Å². The molecule has 0 saturated heterocycles. The van der Waals surface area contributed by atoms with Crippen molar-refractivity contribution in [3.8, 4) is 0 Å². The highest BCUT2D eigenvalue weighted by molar-refractivity contribution is 6.30. The number of carbonyl (C=O) groups is 3. The Morgan fingerprint density at radius 3 is 2.13 bits per heavy atom. The molecular formula is C52H81ClN2O6. The van der Waals surface area contributed by atoms with Crippen LogP contribution in [0.15, 0.2) is 35.4 Å². The molecule has 0 spiro atoms. The van der Waals surface area contributed by atoms with Gasteiger partial charge in [0.05, 0.1) is 17.9 Å². The molecule has 0 aromatic heterocycles. The maximum atomic E-state index is 14.4. The number of fused-ring (bicyclic) bond motifs is 7. The summed E-state index contributed by atoms with van der Waals surface area (Å²) in [5.41, 5.74) is 1.16. The van der Waals surface area contributed by atoms with Crippen LogP contribution in [0.3, 0.4) is 0 Å². The number of nitrogens with zero attached hydrogens (tertiary/aromatic N) is 2. The van der Waals surface area contributed by atoms with Crippen LogP contribution < -0.4 is 0 Å². The SMILES string of the molecule is CC(C)C1=C2[C@H]3CC[C@@H]4[C@@]5(C)CC[C@H](OC(=O)CC(C)(C)C(=O)OC(C)(C)C)C(C)(C)[C@H]5CC[C@@]4(C)[C@]3(C)CC[C@@]2([C@@H](O)CN(CCN(C)C)Cc2ccc(Cl)cc2)CC1=O. The van der Waals surface area contributed by atoms with E-state index in [1.165, 1.54) is 5.57 Å². The van der Waals surface area contributed by atoms with Gasteiger partial charge in [-0.1, -0.05) is 77.8 Å². The average molecular weight is 866 g/mol. The van der Waals surface area contributed by atoms with E-state index in [2.05, 4.69) is 84.5 Å². The van der Waals surface area contributed by atoms with E-state index >= 15 is 0 Å². The minimum absolute atomic E-state index is 0.0137. The molecule has 5 aliphatic rings. The van der Waals surface area contributed by atoms with Crippen molar-refractivity contribution in [1.29, 1.82) is 0 Å². The number of hydrogen-bond donors (Lipinski definition) is 1. The minimum Gasteiger partial charge on any atom is -0.462 e. The number of ketones is 1. The van der Waals surface area contributed by atoms with Gasteiger partial charge in [-0.05, 0) is 163 Å². The summed E-state index contributed by atoms with van der Waals surface area (Å²) in [4.78, 5) is 45.6. The normalized spacial score (nSPS) is 34.2. The van der Waals surface area contributed by atoms with E-state index in [0.29, 0.717) is 36.4 Å². The molecule has 4 fully saturated rings. The summed E-state index contributed by atoms with van der Waals surface area (Å²) in [6.07, 6.45) is 7.41. The van der Waals surface area contributed by atoms with Crippen LogP contribution in [0.5, 0.6) is 0 Å². The highest BCUT2D eigenvalue weighted by atomic mass is 35.5. The van der Waals surface area contributed by atoms with Gasteiger partial charge in [0, 0.05) is 48.5 Å². The van der Waals surface area contributed by atoms with Crippen molar-refractivity contribution in [2.24, 2.45) is 56.2 Å². The molecule has 342 valence electrons. The number of hydrogen-bond acceptors (Lipinski definition) is 8. The van der Waals surface area contributed by atoms with E-state index in [1.807, 2.05) is 32.9 Å². The van der Waals surface area contributed by atoms with Gasteiger partial charge in [0.2, 0.25) is 0 Å². The average Bonchev–Trinajstić information content (AvgIpc) is 3.45. The van der Waals surface area contributed by atoms with Crippen LogP contribution in [0.25, 0.3) is 0 Å². The molecule has 4 saturated carbocycles. The smallest absolute Gasteiger partial charge is 0.312 e. The van der Waals surface area contributed by atoms with Crippen LogP contribution in [-0.2, 0) is 30.4 Å². The molecule has 61 heavy (non-hydrogen) atoms. The highest BCUT2D eigenvalue weighted by Crippen LogP contribution is 2.77. The van der Waals surface area contributed by atoms with Crippen molar-refractivity contribution < 1.29 is 29.0 Å². The van der Waals surface area contributed by atoms with E-state index in [-0.39, 0.29) is 63.7 Å². The number of esters is 2. The molecule has 8 nitrogen and oxygen atoms in total. The molecule has 5 aliphatic carbocycles. The van der Waals surface area contributed by atoms with Crippen LogP contribution in [0.2, 0.25) is 5.02 Å². The number of aliphatic hydroxyl groups excluding tert-OH is 1. The van der Waals surface area contributed by atoms with Crippen LogP contribution >= 0.6 is 11.6 Å². The van der Waals surface area contributed by atoms with Crippen LogP contribution in [-0.4, -0.2) is 84.2 Å². The second-order valence-electron chi connectivity index (χ2n) is 23.9. The third kappa shape index (κ3) is 8.80. The van der Waals surface area contributed by atoms with Gasteiger partial charge in [-0.3, -0.25) is 19.3 Å². The van der Waals surface area contributed by atoms with E-state index < -0.39 is 22.5 Å². The van der Waals surface area contributed by atoms with Gasteiger partial charge in [-0.2, -0.15) is 0 Å². The Hall–Kier alpha value is -2.26. The number of likely N-dealkylation sites (N-methyl/N-ethyl adjacent to an activating group) is 1. The minimum atomic E-state index is -0.982. The number of carbonyl (C=O) groups excluding carboxylic acids is 3. The number of halogens is 1. The third-order valence-electron chi connectivity index (χ3n) is 17.5. The Kier molecular flexibility index (Phi) is 13.4. The summed E-state index contributed by atoms with van der Waals surface area (Å²) >= 11 is 6.26. The lowest BCUT2D eigenvalue weighted by molar-refractivity contribution is -0.235. The summed E-state index contributed by atoms with van der Waals surface area (Å²) in [7, 11) is 4.18. The zero-order chi connectivity index (χ0) is 45.3. The Morgan fingerprint density at radius 2 is 1.52 bits per heavy atom. The number of Topliss-reactive ketones (excluding diaryl/α,β-unsaturated/α-hetero) is 1. The van der Waals surface area contributed by atoms with Crippen LogP contribution in [0.4, 0.5) is 0 Å². The third-order valence-corrected chi connectivity index (χ3v) is 17.7. The lowest BCUT2D eigenvalue weighted by Gasteiger charge is -2.72. The topological polar surface area (TPSA) is 96.4 Å². The summed E-state index contributed by atoms with van der Waals surface area (Å²) in [6, 6.07) is 8.03. The molecule has 1 aromatic carbocycles. The number of benzene rings is 1. The Labute approximate surface area is 374 Å². The fraction of sp³-hybridized carbons (Fsp3) is 0.788. The lowest BCUT2D eigenvalue weighted by atomic mass is 9.33. The first-order valence-electron chi connectivity index (χ1n) is 23.6. The van der Waals surface area contributed by atoms with Gasteiger partial charge in [-0.15, -0.1) is 0 Å². The number of aliphatic hydroxyl groups is 1. The quantitative estimate of drug-likeness (QED) is 0.196. The van der Waals surface area contributed by atoms with Crippen LogP contribution in [0.1, 0.15) is 153 Å². The summed E-state index contributed by atoms with van der Waals surface area (Å²) in [6.45, 7) is 28.7. The molecule has 0 radical (unpaired) electrons. The molecule has 9 atom stereocenters. The predicted molar refractivity (Wildman–Crippen MR) is 245 cm³/mol. The maximum absolute atomic E-state index is 14.4. The molecule has 0 aliphatic heterocycles. The van der Waals surface area contributed by atoms with Crippen LogP contribution in [0, 0.1) is 56.2 Å². The molecule has 0 heterocycles. The van der Waals surface area contributed by atoms with E-state index in [0.717, 1.165) is 75.6 Å². The van der Waals surface area contributed by atoms with E-state index in [4.69, 9.17) is 21.1 Å². The molecule has 1 aromatic rings. The maximum Gasteiger partial charge on any atom is 0.312 e. The number of allylic oxidation sites excluding steroid dienone is 1. The van der Waals surface area contributed by atoms with Crippen molar-refractivity contribution >= 4 is 29.3 Å². The standard InChI is InChI=1S/C52H81ClN2O6/c1-33(2)43-37(56)29-52(40(57)32-55(28-27-54(13)14)31-34-15-17-35(53)18-16-34)26-25-50(11)36(44(43)52)19-20-39-49(10)23-22-41(48(8,9)38(49)21-24-51(39,50)12)60-42(58)30-47(6,7)45(59)61-46(3,4)5/h15-18,33,36,38-41,57H,19-32H2,1-14H3/t36-,38-,39-,40+,41+,49+,50-,51-,52+/m1/s1. The zero-order valence-corrected chi connectivity index (χ0v) is 41.2. The lowest BCUT2D eigenvalue weighted by Crippen LogP contribution is -2.66. The fourth-order valence-electron chi connectivity index (χ4n) is 14.2. The first-order chi connectivity index (χ1) is 28.1. The second-order valence-corrected chi connectivity index (χ2v) is 24.4. The molecule has 0 bridgehead atoms. The zero-order valence-electron chi connectivity index (χ0n) is 40.4. The largest absolute Gasteiger partial charge is 0.462 e. The summed E-state index contributed by atoms with van der Waals surface area (Å²) < 4.78 is 12.0. The van der Waals surface area contributed by atoms with Gasteiger partial charge >= 0.3 is 11.9 Å². The highest BCUT2D eigenvalue weighted by Gasteiger charge is 2.71. The number of rotatable bonds is 13. The molecule has 9 heteroatoms. The van der Waals surface area contributed by atoms with Gasteiger partial charge < -0.3 is 19.5 Å². The van der Waals surface area contributed by atoms with Crippen molar-refractivity contribution in [2.75, 3.05) is 33.7 Å². The van der Waals surface area contributed by atoms with E-state index in [1.54, 1.807) is 13.8 Å². The molecular weight excluding hydrogens is 784 g/mol. The van der Waals surface area contributed by atoms with Gasteiger partial charge in [-0.25, -0.2) is 0 Å². The fourth-order valence-corrected chi connectivity index (χ4v) is 14.3. The van der Waals surface area contributed by atoms with Crippen molar-refractivity contribution in [3.05, 3.63) is 46.0 Å². The van der Waals surface area contributed by atoms with Gasteiger partial charge in [0.25, 0.3) is 0 Å². The Balaban J connectivity index is 1.25. The summed E-state index contributed by atoms with van der Waals surface area (Å²) in [5.74, 6) is 0.743. The van der Waals surface area contributed by atoms with Gasteiger partial charge in [0.1, 0.15) is 11.7 Å².